The quantitative estimate of drug-likeness (QED) is 0.817. The van der Waals surface area contributed by atoms with Gasteiger partial charge in [-0.15, -0.1) is 0 Å². The van der Waals surface area contributed by atoms with Gasteiger partial charge in [-0.2, -0.15) is 0 Å². The van der Waals surface area contributed by atoms with Crippen molar-refractivity contribution >= 4 is 23.3 Å². The van der Waals surface area contributed by atoms with Crippen molar-refractivity contribution in [2.75, 3.05) is 12.0 Å². The van der Waals surface area contributed by atoms with Crippen LogP contribution in [0.4, 0.5) is 20.6 Å². The lowest BCUT2D eigenvalue weighted by molar-refractivity contribution is -0.123. The van der Waals surface area contributed by atoms with Crippen LogP contribution in [0.15, 0.2) is 36.4 Å². The van der Waals surface area contributed by atoms with Gasteiger partial charge in [0.25, 0.3) is 0 Å². The smallest absolute Gasteiger partial charge is 0.329 e. The predicted octanol–water partition coefficient (Wildman–Crippen LogP) is 4.26. The highest BCUT2D eigenvalue weighted by molar-refractivity contribution is 6.02. The summed E-state index contributed by atoms with van der Waals surface area (Å²) in [7, 11) is 1.41. The van der Waals surface area contributed by atoms with E-state index in [0.717, 1.165) is 29.7 Å². The Hall–Kier alpha value is -3.09. The van der Waals surface area contributed by atoms with E-state index in [1.54, 1.807) is 11.0 Å². The number of halogens is 1. The highest BCUT2D eigenvalue weighted by atomic mass is 19.1. The lowest BCUT2D eigenvalue weighted by atomic mass is 9.84. The molecule has 0 spiro atoms. The van der Waals surface area contributed by atoms with Crippen LogP contribution in [0.25, 0.3) is 0 Å². The third-order valence-corrected chi connectivity index (χ3v) is 6.33. The molecule has 4 rings (SSSR count). The number of urea groups is 1. The zero-order valence-electron chi connectivity index (χ0n) is 17.2. The fourth-order valence-electron chi connectivity index (χ4n) is 4.57. The van der Waals surface area contributed by atoms with Crippen LogP contribution in [0.1, 0.15) is 36.8 Å². The van der Waals surface area contributed by atoms with E-state index >= 15 is 0 Å². The molecule has 0 saturated heterocycles. The summed E-state index contributed by atoms with van der Waals surface area (Å²) in [5.74, 6) is -0.776. The summed E-state index contributed by atoms with van der Waals surface area (Å²) < 4.78 is 19.5. The summed E-state index contributed by atoms with van der Waals surface area (Å²) in [4.78, 5) is 28.5. The van der Waals surface area contributed by atoms with Crippen molar-refractivity contribution in [3.63, 3.8) is 0 Å². The van der Waals surface area contributed by atoms with E-state index in [2.05, 4.69) is 0 Å². The van der Waals surface area contributed by atoms with E-state index in [1.165, 1.54) is 19.2 Å². The summed E-state index contributed by atoms with van der Waals surface area (Å²) in [6.45, 7) is 2.52. The predicted molar refractivity (Wildman–Crippen MR) is 112 cm³/mol. The van der Waals surface area contributed by atoms with Crippen molar-refractivity contribution in [2.45, 2.75) is 45.2 Å². The largest absolute Gasteiger partial charge is 0.494 e. The molecule has 0 atom stereocenters. The van der Waals surface area contributed by atoms with Crippen LogP contribution in [-0.2, 0) is 11.3 Å². The maximum atomic E-state index is 14.4. The molecule has 2 N–H and O–H groups in total. The molecular weight excluding hydrogens is 385 g/mol. The van der Waals surface area contributed by atoms with Crippen LogP contribution in [0.3, 0.4) is 0 Å². The number of nitrogens with two attached hydrogens (primary N) is 1. The Morgan fingerprint density at radius 2 is 1.90 bits per heavy atom. The summed E-state index contributed by atoms with van der Waals surface area (Å²) in [5.41, 5.74) is 8.82. The first-order valence-corrected chi connectivity index (χ1v) is 10.2. The number of fused-ring (bicyclic) bond motifs is 1. The summed E-state index contributed by atoms with van der Waals surface area (Å²) in [6, 6.07) is 10.2. The Bertz CT molecular complexity index is 986. The molecule has 30 heavy (non-hydrogen) atoms. The van der Waals surface area contributed by atoms with Crippen LogP contribution < -0.4 is 15.4 Å². The maximum absolute atomic E-state index is 14.4. The van der Waals surface area contributed by atoms with Crippen LogP contribution >= 0.6 is 0 Å². The zero-order valence-corrected chi connectivity index (χ0v) is 17.2. The number of aryl methyl sites for hydroxylation is 1. The number of amides is 3. The van der Waals surface area contributed by atoms with Gasteiger partial charge in [0.2, 0.25) is 5.91 Å². The van der Waals surface area contributed by atoms with Gasteiger partial charge in [0.15, 0.2) is 11.6 Å². The van der Waals surface area contributed by atoms with E-state index in [1.807, 2.05) is 30.0 Å². The molecule has 7 heteroatoms. The molecule has 1 heterocycles. The maximum Gasteiger partial charge on any atom is 0.329 e. The van der Waals surface area contributed by atoms with E-state index in [-0.39, 0.29) is 29.6 Å². The minimum atomic E-state index is -0.518. The second-order valence-electron chi connectivity index (χ2n) is 8.05. The van der Waals surface area contributed by atoms with Gasteiger partial charge >= 0.3 is 6.03 Å². The highest BCUT2D eigenvalue weighted by Crippen LogP contribution is 2.40. The van der Waals surface area contributed by atoms with Crippen LogP contribution in [0.5, 0.6) is 5.75 Å². The van der Waals surface area contributed by atoms with Gasteiger partial charge in [-0.25, -0.2) is 9.18 Å². The van der Waals surface area contributed by atoms with Gasteiger partial charge in [-0.3, -0.25) is 9.69 Å². The molecule has 1 aliphatic carbocycles. The summed E-state index contributed by atoms with van der Waals surface area (Å²) in [5, 5.41) is 0. The monoisotopic (exact) mass is 411 g/mol. The van der Waals surface area contributed by atoms with Crippen molar-refractivity contribution < 1.29 is 18.7 Å². The highest BCUT2D eigenvalue weighted by Gasteiger charge is 2.38. The fourth-order valence-corrected chi connectivity index (χ4v) is 4.57. The number of primary amides is 1. The molecule has 1 aliphatic heterocycles. The molecule has 0 aromatic heterocycles. The third-order valence-electron chi connectivity index (χ3n) is 6.33. The molecule has 1 saturated carbocycles. The van der Waals surface area contributed by atoms with Gasteiger partial charge in [0.1, 0.15) is 0 Å². The van der Waals surface area contributed by atoms with E-state index in [0.29, 0.717) is 25.1 Å². The minimum Gasteiger partial charge on any atom is -0.494 e. The molecule has 0 bridgehead atoms. The molecule has 3 amide bonds. The molecule has 2 aromatic rings. The number of ether oxygens (including phenoxy) is 1. The summed E-state index contributed by atoms with van der Waals surface area (Å²) in [6.07, 6.45) is 2.82. The van der Waals surface area contributed by atoms with Crippen molar-refractivity contribution in [3.8, 4) is 5.75 Å². The Morgan fingerprint density at radius 1 is 1.17 bits per heavy atom. The first-order valence-electron chi connectivity index (χ1n) is 10.2. The Morgan fingerprint density at radius 3 is 2.53 bits per heavy atom. The molecule has 2 aromatic carbocycles. The average Bonchev–Trinajstić information content (AvgIpc) is 2.74. The van der Waals surface area contributed by atoms with E-state index in [4.69, 9.17) is 10.5 Å². The molecule has 6 nitrogen and oxygen atoms in total. The molecular formula is C23H26FN3O3. The Balaban J connectivity index is 1.71. The molecule has 1 fully saturated rings. The van der Waals surface area contributed by atoms with Crippen molar-refractivity contribution in [1.29, 1.82) is 0 Å². The number of nitrogens with zero attached hydrogens (tertiary/aromatic N) is 2. The van der Waals surface area contributed by atoms with Crippen LogP contribution in [-0.4, -0.2) is 30.0 Å². The second-order valence-corrected chi connectivity index (χ2v) is 8.05. The summed E-state index contributed by atoms with van der Waals surface area (Å²) >= 11 is 0. The third kappa shape index (κ3) is 3.49. The lowest BCUT2D eigenvalue weighted by Crippen LogP contribution is -2.51. The molecule has 158 valence electrons. The van der Waals surface area contributed by atoms with Gasteiger partial charge in [0.05, 0.1) is 25.0 Å². The van der Waals surface area contributed by atoms with Crippen LogP contribution in [0.2, 0.25) is 0 Å². The lowest BCUT2D eigenvalue weighted by Gasteiger charge is -2.43. The minimum absolute atomic E-state index is 0.0199. The van der Waals surface area contributed by atoms with Crippen LogP contribution in [0, 0.1) is 18.7 Å². The molecule has 0 unspecified atom stereocenters. The first-order chi connectivity index (χ1) is 14.4. The second kappa shape index (κ2) is 7.97. The molecule has 2 aliphatic rings. The average molecular weight is 411 g/mol. The Kier molecular flexibility index (Phi) is 5.37. The van der Waals surface area contributed by atoms with E-state index < -0.39 is 5.82 Å². The van der Waals surface area contributed by atoms with Gasteiger partial charge in [0, 0.05) is 18.0 Å². The van der Waals surface area contributed by atoms with Crippen molar-refractivity contribution in [1.82, 2.24) is 4.90 Å². The van der Waals surface area contributed by atoms with Crippen molar-refractivity contribution in [3.05, 3.63) is 53.3 Å². The number of anilines is 2. The number of hydrogen-bond donors (Lipinski definition) is 1. The number of hydrogen-bond acceptors (Lipinski definition) is 3. The number of rotatable bonds is 4. The number of benzene rings is 2. The van der Waals surface area contributed by atoms with Gasteiger partial charge in [-0.05, 0) is 61.9 Å². The number of methoxy groups -OCH3 is 1. The van der Waals surface area contributed by atoms with Crippen molar-refractivity contribution in [2.24, 2.45) is 11.7 Å². The van der Waals surface area contributed by atoms with Gasteiger partial charge < -0.3 is 15.4 Å². The normalized spacial score (nSPS) is 21.4. The standard InChI is InChI=1S/C23H26FN3O3/c1-14-4-3-5-20-18(14)13-26(16-8-6-15(7-9-16)22(25)28)23(29)27(20)17-10-11-21(30-2)19(24)12-17/h3-5,10-12,15-16H,6-9,13H2,1-2H3,(H2,25,28). The first kappa shape index (κ1) is 20.2. The topological polar surface area (TPSA) is 75.9 Å². The zero-order chi connectivity index (χ0) is 21.4. The van der Waals surface area contributed by atoms with E-state index in [9.17, 15) is 14.0 Å². The van der Waals surface area contributed by atoms with Gasteiger partial charge in [-0.1, -0.05) is 12.1 Å². The Labute approximate surface area is 175 Å². The fraction of sp³-hybridized carbons (Fsp3) is 0.391. The number of carbonyl (C=O) groups is 2. The SMILES string of the molecule is COc1ccc(N2C(=O)N(C3CCC(C(N)=O)CC3)Cc3c(C)cccc32)cc1F. The molecule has 0 radical (unpaired) electrons. The number of carbonyl (C=O) groups excluding carboxylic acids is 2.